The van der Waals surface area contributed by atoms with Gasteiger partial charge in [0.1, 0.15) is 0 Å². The van der Waals surface area contributed by atoms with Crippen LogP contribution in [0, 0.1) is 24.7 Å². The topological polar surface area (TPSA) is 24.4 Å². The fourth-order valence-electron chi connectivity index (χ4n) is 5.49. The summed E-state index contributed by atoms with van der Waals surface area (Å²) in [6.07, 6.45) is 8.47. The molecule has 5 rings (SSSR count). The Hall–Kier alpha value is -1.31. The number of nitrogens with zero attached hydrogens (tertiary/aromatic N) is 1. The molecule has 2 nitrogen and oxygen atoms in total. The van der Waals surface area contributed by atoms with Crippen molar-refractivity contribution in [3.63, 3.8) is 0 Å². The molecular formula is C19H26N2. The van der Waals surface area contributed by atoms with Gasteiger partial charge in [0.15, 0.2) is 0 Å². The van der Waals surface area contributed by atoms with Gasteiger partial charge in [-0.15, -0.1) is 0 Å². The first-order valence-electron chi connectivity index (χ1n) is 8.51. The van der Waals surface area contributed by atoms with E-state index in [0.717, 1.165) is 23.6 Å². The van der Waals surface area contributed by atoms with E-state index in [9.17, 15) is 0 Å². The Kier molecular flexibility index (Phi) is 3.09. The van der Waals surface area contributed by atoms with Crippen LogP contribution < -0.4 is 5.32 Å². The van der Waals surface area contributed by atoms with E-state index in [1.165, 1.54) is 49.8 Å². The van der Waals surface area contributed by atoms with Crippen molar-refractivity contribution in [3.05, 3.63) is 29.8 Å². The maximum atomic E-state index is 5.21. The Balaban J connectivity index is 1.55. The normalized spacial score (nSPS) is 37.8. The van der Waals surface area contributed by atoms with Crippen LogP contribution in [0.1, 0.15) is 51.0 Å². The van der Waals surface area contributed by atoms with E-state index >= 15 is 0 Å². The van der Waals surface area contributed by atoms with Crippen LogP contribution in [0.2, 0.25) is 0 Å². The minimum absolute atomic E-state index is 0.272. The van der Waals surface area contributed by atoms with Gasteiger partial charge >= 0.3 is 0 Å². The summed E-state index contributed by atoms with van der Waals surface area (Å²) >= 11 is 0. The molecule has 4 fully saturated rings. The van der Waals surface area contributed by atoms with Gasteiger partial charge in [-0.3, -0.25) is 4.99 Å². The third kappa shape index (κ3) is 2.49. The molecule has 4 saturated carbocycles. The molecule has 1 aromatic carbocycles. The number of benzene rings is 1. The van der Waals surface area contributed by atoms with E-state index in [1.54, 1.807) is 0 Å². The summed E-state index contributed by atoms with van der Waals surface area (Å²) in [5, 5.41) is 3.54. The molecular weight excluding hydrogens is 256 g/mol. The van der Waals surface area contributed by atoms with Crippen molar-refractivity contribution in [1.82, 2.24) is 0 Å². The molecule has 0 aliphatic heterocycles. The van der Waals surface area contributed by atoms with E-state index in [2.05, 4.69) is 43.4 Å². The fourth-order valence-corrected chi connectivity index (χ4v) is 5.49. The number of anilines is 1. The van der Waals surface area contributed by atoms with Crippen LogP contribution in [0.15, 0.2) is 29.3 Å². The summed E-state index contributed by atoms with van der Waals surface area (Å²) in [6, 6.07) is 8.48. The minimum Gasteiger partial charge on any atom is -0.344 e. The molecule has 1 aromatic rings. The molecule has 1 N–H and O–H groups in total. The van der Waals surface area contributed by atoms with Gasteiger partial charge in [-0.1, -0.05) is 18.2 Å². The summed E-state index contributed by atoms with van der Waals surface area (Å²) in [6.45, 7) is 4.30. The lowest BCUT2D eigenvalue weighted by Gasteiger charge is -2.55. The number of amidine groups is 1. The van der Waals surface area contributed by atoms with Crippen molar-refractivity contribution in [1.29, 1.82) is 0 Å². The van der Waals surface area contributed by atoms with Crippen LogP contribution in [-0.4, -0.2) is 11.4 Å². The Morgan fingerprint density at radius 1 is 1.05 bits per heavy atom. The molecule has 0 saturated heterocycles. The monoisotopic (exact) mass is 282 g/mol. The summed E-state index contributed by atoms with van der Waals surface area (Å²) in [7, 11) is 0. The zero-order chi connectivity index (χ0) is 14.4. The van der Waals surface area contributed by atoms with Gasteiger partial charge in [-0.05, 0) is 81.8 Å². The lowest BCUT2D eigenvalue weighted by molar-refractivity contribution is 0.00167. The van der Waals surface area contributed by atoms with E-state index in [4.69, 9.17) is 4.99 Å². The zero-order valence-electron chi connectivity index (χ0n) is 13.2. The highest BCUT2D eigenvalue weighted by molar-refractivity contribution is 5.94. The highest BCUT2D eigenvalue weighted by atomic mass is 15.0. The molecule has 21 heavy (non-hydrogen) atoms. The van der Waals surface area contributed by atoms with Gasteiger partial charge in [0.2, 0.25) is 0 Å². The van der Waals surface area contributed by atoms with Gasteiger partial charge in [0.25, 0.3) is 0 Å². The first kappa shape index (κ1) is 13.4. The zero-order valence-corrected chi connectivity index (χ0v) is 13.2. The number of hydrogen-bond acceptors (Lipinski definition) is 1. The quantitative estimate of drug-likeness (QED) is 0.612. The maximum absolute atomic E-state index is 5.21. The SMILES string of the molecule is CC(=NC12CC3CC(CC(C3)C1)C2)Nc1ccccc1C. The second-order valence-electron chi connectivity index (χ2n) is 7.78. The Bertz CT molecular complexity index is 537. The highest BCUT2D eigenvalue weighted by Crippen LogP contribution is 2.57. The Morgan fingerprint density at radius 3 is 2.19 bits per heavy atom. The second-order valence-corrected chi connectivity index (χ2v) is 7.78. The van der Waals surface area contributed by atoms with Crippen molar-refractivity contribution < 1.29 is 0 Å². The molecule has 0 amide bonds. The first-order valence-corrected chi connectivity index (χ1v) is 8.51. The highest BCUT2D eigenvalue weighted by Gasteiger charge is 2.50. The first-order chi connectivity index (χ1) is 10.1. The fraction of sp³-hybridized carbons (Fsp3) is 0.632. The molecule has 0 aromatic heterocycles. The predicted molar refractivity (Wildman–Crippen MR) is 88.8 cm³/mol. The van der Waals surface area contributed by atoms with Crippen LogP contribution in [0.25, 0.3) is 0 Å². The average molecular weight is 282 g/mol. The van der Waals surface area contributed by atoms with E-state index in [1.807, 2.05) is 0 Å². The number of hydrogen-bond donors (Lipinski definition) is 1. The van der Waals surface area contributed by atoms with Crippen LogP contribution in [-0.2, 0) is 0 Å². The largest absolute Gasteiger partial charge is 0.344 e. The van der Waals surface area contributed by atoms with Crippen molar-refractivity contribution in [3.8, 4) is 0 Å². The Labute approximate surface area is 128 Å². The third-order valence-corrected chi connectivity index (χ3v) is 5.87. The van der Waals surface area contributed by atoms with Gasteiger partial charge in [-0.25, -0.2) is 0 Å². The van der Waals surface area contributed by atoms with E-state index in [0.29, 0.717) is 0 Å². The van der Waals surface area contributed by atoms with Crippen LogP contribution in [0.5, 0.6) is 0 Å². The third-order valence-electron chi connectivity index (χ3n) is 5.87. The summed E-state index contributed by atoms with van der Waals surface area (Å²) < 4.78 is 0. The van der Waals surface area contributed by atoms with Gasteiger partial charge in [0.05, 0.1) is 11.4 Å². The van der Waals surface area contributed by atoms with Crippen molar-refractivity contribution in [2.24, 2.45) is 22.7 Å². The minimum atomic E-state index is 0.272. The van der Waals surface area contributed by atoms with E-state index in [-0.39, 0.29) is 5.54 Å². The summed E-state index contributed by atoms with van der Waals surface area (Å²) in [5.74, 6) is 4.00. The van der Waals surface area contributed by atoms with Crippen LogP contribution >= 0.6 is 0 Å². The Morgan fingerprint density at radius 2 is 1.62 bits per heavy atom. The standard InChI is InChI=1S/C19H26N2/c1-13-5-3-4-6-18(13)20-14(2)21-19-10-15-7-16(11-19)9-17(8-15)12-19/h3-6,15-17H,7-12H2,1-2H3,(H,20,21). The number of aliphatic imine (C=N–C) groups is 1. The molecule has 2 heteroatoms. The molecule has 0 radical (unpaired) electrons. The lowest BCUT2D eigenvalue weighted by Crippen LogP contribution is -2.49. The second kappa shape index (κ2) is 4.86. The van der Waals surface area contributed by atoms with Gasteiger partial charge in [-0.2, -0.15) is 0 Å². The smallest absolute Gasteiger partial charge is 0.0982 e. The summed E-state index contributed by atoms with van der Waals surface area (Å²) in [4.78, 5) is 5.21. The van der Waals surface area contributed by atoms with Crippen molar-refractivity contribution in [2.45, 2.75) is 57.9 Å². The summed E-state index contributed by atoms with van der Waals surface area (Å²) in [5.41, 5.74) is 2.76. The number of aryl methyl sites for hydroxylation is 1. The van der Waals surface area contributed by atoms with Gasteiger partial charge < -0.3 is 5.32 Å². The molecule has 4 bridgehead atoms. The van der Waals surface area contributed by atoms with E-state index < -0.39 is 0 Å². The lowest BCUT2D eigenvalue weighted by atomic mass is 9.53. The van der Waals surface area contributed by atoms with Crippen molar-refractivity contribution in [2.75, 3.05) is 5.32 Å². The average Bonchev–Trinajstić information content (AvgIpc) is 2.39. The molecule has 0 atom stereocenters. The number of para-hydroxylation sites is 1. The maximum Gasteiger partial charge on any atom is 0.0982 e. The predicted octanol–water partition coefficient (Wildman–Crippen LogP) is 4.79. The molecule has 0 spiro atoms. The molecule has 0 heterocycles. The number of nitrogens with one attached hydrogen (secondary N) is 1. The van der Waals surface area contributed by atoms with Crippen molar-refractivity contribution >= 4 is 11.5 Å². The molecule has 0 unspecified atom stereocenters. The van der Waals surface area contributed by atoms with Crippen LogP contribution in [0.3, 0.4) is 0 Å². The molecule has 112 valence electrons. The number of rotatable bonds is 2. The molecule has 4 aliphatic rings. The van der Waals surface area contributed by atoms with Gasteiger partial charge in [0, 0.05) is 5.69 Å². The van der Waals surface area contributed by atoms with Crippen LogP contribution in [0.4, 0.5) is 5.69 Å². The molecule has 4 aliphatic carbocycles.